The van der Waals surface area contributed by atoms with Crippen molar-refractivity contribution in [3.63, 3.8) is 0 Å². The first kappa shape index (κ1) is 17.4. The molecule has 0 spiro atoms. The second-order valence-corrected chi connectivity index (χ2v) is 7.60. The number of rotatable bonds is 4. The Balaban J connectivity index is 1.76. The molecule has 0 fully saturated rings. The minimum Gasteiger partial charge on any atom is -0.279 e. The van der Waals surface area contributed by atoms with E-state index in [-0.39, 0.29) is 5.91 Å². The molecule has 0 N–H and O–H groups in total. The molecule has 1 amide bonds. The molecule has 2 aromatic carbocycles. The van der Waals surface area contributed by atoms with Crippen molar-refractivity contribution in [3.8, 4) is 0 Å². The molecular formula is C22H19N3OS. The smallest absolute Gasteiger partial charge is 0.260 e. The third-order valence-electron chi connectivity index (χ3n) is 4.37. The number of carbonyl (C=O) groups excluding carboxylic acids is 1. The van der Waals surface area contributed by atoms with E-state index < -0.39 is 0 Å². The predicted octanol–water partition coefficient (Wildman–Crippen LogP) is 5.16. The zero-order chi connectivity index (χ0) is 18.8. The van der Waals surface area contributed by atoms with E-state index in [1.165, 1.54) is 16.9 Å². The summed E-state index contributed by atoms with van der Waals surface area (Å²) < 4.78 is 1.08. The van der Waals surface area contributed by atoms with E-state index in [4.69, 9.17) is 4.98 Å². The zero-order valence-electron chi connectivity index (χ0n) is 15.2. The molecule has 0 aliphatic heterocycles. The zero-order valence-corrected chi connectivity index (χ0v) is 16.0. The highest BCUT2D eigenvalue weighted by atomic mass is 32.1. The van der Waals surface area contributed by atoms with Crippen molar-refractivity contribution in [2.24, 2.45) is 0 Å². The van der Waals surface area contributed by atoms with E-state index in [0.717, 1.165) is 21.3 Å². The quantitative estimate of drug-likeness (QED) is 0.497. The van der Waals surface area contributed by atoms with E-state index in [1.807, 2.05) is 55.5 Å². The maximum Gasteiger partial charge on any atom is 0.260 e. The fraction of sp³-hybridized carbons (Fsp3) is 0.136. The fourth-order valence-electron chi connectivity index (χ4n) is 2.89. The Bertz CT molecular complexity index is 1090. The molecule has 0 atom stereocenters. The molecule has 134 valence electrons. The molecule has 2 heterocycles. The van der Waals surface area contributed by atoms with Gasteiger partial charge < -0.3 is 0 Å². The largest absolute Gasteiger partial charge is 0.279 e. The maximum absolute atomic E-state index is 13.3. The molecule has 4 aromatic rings. The van der Waals surface area contributed by atoms with Crippen molar-refractivity contribution < 1.29 is 4.79 Å². The van der Waals surface area contributed by atoms with Crippen LogP contribution in [0.4, 0.5) is 5.13 Å². The van der Waals surface area contributed by atoms with Crippen LogP contribution in [0.2, 0.25) is 0 Å². The van der Waals surface area contributed by atoms with Gasteiger partial charge in [0.05, 0.1) is 16.8 Å². The van der Waals surface area contributed by atoms with Gasteiger partial charge in [-0.3, -0.25) is 14.7 Å². The molecule has 0 radical (unpaired) electrons. The highest BCUT2D eigenvalue weighted by Gasteiger charge is 2.21. The van der Waals surface area contributed by atoms with Crippen LogP contribution >= 0.6 is 11.3 Å². The van der Waals surface area contributed by atoms with Crippen LogP contribution in [0.15, 0.2) is 67.0 Å². The molecule has 0 unspecified atom stereocenters. The first-order valence-corrected chi connectivity index (χ1v) is 9.56. The number of fused-ring (bicyclic) bond motifs is 1. The van der Waals surface area contributed by atoms with Crippen molar-refractivity contribution in [1.82, 2.24) is 9.97 Å². The van der Waals surface area contributed by atoms with Gasteiger partial charge in [-0.25, -0.2) is 4.98 Å². The summed E-state index contributed by atoms with van der Waals surface area (Å²) in [5.74, 6) is -0.0605. The number of hydrogen-bond acceptors (Lipinski definition) is 4. The standard InChI is InChI=1S/C22H19N3OS/c1-15-5-8-18(9-6-15)21(26)25(14-17-4-3-11-23-13-17)22-24-19-10-7-16(2)12-20(19)27-22/h3-13H,14H2,1-2H3. The second-order valence-electron chi connectivity index (χ2n) is 6.59. The van der Waals surface area contributed by atoms with Crippen LogP contribution < -0.4 is 4.90 Å². The number of carbonyl (C=O) groups is 1. The van der Waals surface area contributed by atoms with Crippen LogP contribution in [0.1, 0.15) is 27.0 Å². The predicted molar refractivity (Wildman–Crippen MR) is 110 cm³/mol. The molecule has 5 heteroatoms. The molecule has 0 saturated heterocycles. The molecule has 27 heavy (non-hydrogen) atoms. The van der Waals surface area contributed by atoms with E-state index >= 15 is 0 Å². The molecule has 0 saturated carbocycles. The van der Waals surface area contributed by atoms with Crippen LogP contribution in [0.5, 0.6) is 0 Å². The Labute approximate surface area is 162 Å². The lowest BCUT2D eigenvalue weighted by Crippen LogP contribution is -2.30. The fourth-order valence-corrected chi connectivity index (χ4v) is 3.95. The summed E-state index contributed by atoms with van der Waals surface area (Å²) in [6.45, 7) is 4.50. The highest BCUT2D eigenvalue weighted by molar-refractivity contribution is 7.22. The van der Waals surface area contributed by atoms with Crippen molar-refractivity contribution in [2.45, 2.75) is 20.4 Å². The van der Waals surface area contributed by atoms with Crippen LogP contribution in [-0.2, 0) is 6.54 Å². The van der Waals surface area contributed by atoms with Crippen molar-refractivity contribution >= 4 is 32.6 Å². The van der Waals surface area contributed by atoms with Crippen molar-refractivity contribution in [2.75, 3.05) is 4.90 Å². The summed E-state index contributed by atoms with van der Waals surface area (Å²) in [4.78, 5) is 23.9. The summed E-state index contributed by atoms with van der Waals surface area (Å²) in [5.41, 5.74) is 4.84. The van der Waals surface area contributed by atoms with Gasteiger partial charge >= 0.3 is 0 Å². The van der Waals surface area contributed by atoms with Gasteiger partial charge in [0, 0.05) is 18.0 Å². The summed E-state index contributed by atoms with van der Waals surface area (Å²) >= 11 is 1.54. The number of hydrogen-bond donors (Lipinski definition) is 0. The minimum absolute atomic E-state index is 0.0605. The van der Waals surface area contributed by atoms with Crippen LogP contribution in [0, 0.1) is 13.8 Å². The maximum atomic E-state index is 13.3. The summed E-state index contributed by atoms with van der Waals surface area (Å²) in [7, 11) is 0. The number of aryl methyl sites for hydroxylation is 2. The molecule has 4 nitrogen and oxygen atoms in total. The lowest BCUT2D eigenvalue weighted by molar-refractivity contribution is 0.0985. The number of amides is 1. The van der Waals surface area contributed by atoms with Gasteiger partial charge in [-0.2, -0.15) is 0 Å². The van der Waals surface area contributed by atoms with Crippen molar-refractivity contribution in [1.29, 1.82) is 0 Å². The average molecular weight is 373 g/mol. The van der Waals surface area contributed by atoms with Crippen molar-refractivity contribution in [3.05, 3.63) is 89.2 Å². The monoisotopic (exact) mass is 373 g/mol. The molecule has 2 aromatic heterocycles. The van der Waals surface area contributed by atoms with Crippen LogP contribution in [-0.4, -0.2) is 15.9 Å². The van der Waals surface area contributed by atoms with Gasteiger partial charge in [-0.05, 0) is 55.3 Å². The molecule has 4 rings (SSSR count). The van der Waals surface area contributed by atoms with Crippen LogP contribution in [0.25, 0.3) is 10.2 Å². The van der Waals surface area contributed by atoms with Gasteiger partial charge in [0.1, 0.15) is 0 Å². The average Bonchev–Trinajstić information content (AvgIpc) is 3.10. The SMILES string of the molecule is Cc1ccc(C(=O)N(Cc2cccnc2)c2nc3ccc(C)cc3s2)cc1. The van der Waals surface area contributed by atoms with E-state index in [9.17, 15) is 4.79 Å². The Hall–Kier alpha value is -3.05. The normalized spacial score (nSPS) is 10.9. The van der Waals surface area contributed by atoms with E-state index in [2.05, 4.69) is 18.0 Å². The first-order chi connectivity index (χ1) is 13.1. The summed E-state index contributed by atoms with van der Waals surface area (Å²) in [6, 6.07) is 17.6. The molecule has 0 aliphatic carbocycles. The lowest BCUT2D eigenvalue weighted by atomic mass is 10.1. The Morgan fingerprint density at radius 1 is 1.04 bits per heavy atom. The third-order valence-corrected chi connectivity index (χ3v) is 5.41. The Kier molecular flexibility index (Phi) is 4.69. The van der Waals surface area contributed by atoms with Gasteiger partial charge in [-0.15, -0.1) is 0 Å². The number of thiazole rings is 1. The Morgan fingerprint density at radius 2 is 1.81 bits per heavy atom. The number of nitrogens with zero attached hydrogens (tertiary/aromatic N) is 3. The lowest BCUT2D eigenvalue weighted by Gasteiger charge is -2.20. The molecule has 0 aliphatic rings. The topological polar surface area (TPSA) is 46.1 Å². The summed E-state index contributed by atoms with van der Waals surface area (Å²) in [5, 5.41) is 0.699. The third kappa shape index (κ3) is 3.73. The van der Waals surface area contributed by atoms with Gasteiger partial charge in [-0.1, -0.05) is 41.2 Å². The van der Waals surface area contributed by atoms with Gasteiger partial charge in [0.25, 0.3) is 5.91 Å². The second kappa shape index (κ2) is 7.29. The molecule has 0 bridgehead atoms. The van der Waals surface area contributed by atoms with Gasteiger partial charge in [0.2, 0.25) is 0 Å². The van der Waals surface area contributed by atoms with E-state index in [0.29, 0.717) is 17.2 Å². The molecular weight excluding hydrogens is 354 g/mol. The highest BCUT2D eigenvalue weighted by Crippen LogP contribution is 2.31. The number of anilines is 1. The van der Waals surface area contributed by atoms with E-state index in [1.54, 1.807) is 17.3 Å². The number of benzene rings is 2. The number of aromatic nitrogens is 2. The van der Waals surface area contributed by atoms with Gasteiger partial charge in [0.15, 0.2) is 5.13 Å². The minimum atomic E-state index is -0.0605. The Morgan fingerprint density at radius 3 is 2.56 bits per heavy atom. The summed E-state index contributed by atoms with van der Waals surface area (Å²) in [6.07, 6.45) is 3.52. The van der Waals surface area contributed by atoms with Crippen LogP contribution in [0.3, 0.4) is 0 Å². The first-order valence-electron chi connectivity index (χ1n) is 8.75. The number of pyridine rings is 1.